The van der Waals surface area contributed by atoms with Gasteiger partial charge in [0.15, 0.2) is 0 Å². The van der Waals surface area contributed by atoms with Gasteiger partial charge < -0.3 is 5.32 Å². The average molecular weight is 310 g/mol. The molecular formula is C16H26N2O2S. The molecule has 1 aromatic rings. The molecule has 0 bridgehead atoms. The van der Waals surface area contributed by atoms with Gasteiger partial charge in [-0.2, -0.15) is 0 Å². The maximum absolute atomic E-state index is 12.2. The normalized spacial score (nSPS) is 17.9. The molecule has 1 aromatic carbocycles. The fraction of sp³-hybridized carbons (Fsp3) is 0.625. The van der Waals surface area contributed by atoms with E-state index in [2.05, 4.69) is 10.0 Å². The van der Waals surface area contributed by atoms with Crippen molar-refractivity contribution in [3.63, 3.8) is 0 Å². The Balaban J connectivity index is 2.04. The molecule has 0 spiro atoms. The molecule has 0 atom stereocenters. The van der Waals surface area contributed by atoms with Crippen molar-refractivity contribution in [2.24, 2.45) is 5.92 Å². The summed E-state index contributed by atoms with van der Waals surface area (Å²) in [4.78, 5) is 0.339. The van der Waals surface area contributed by atoms with Crippen LogP contribution in [0, 0.1) is 5.92 Å². The number of hydrogen-bond donors (Lipinski definition) is 2. The van der Waals surface area contributed by atoms with Crippen LogP contribution in [0.5, 0.6) is 0 Å². The van der Waals surface area contributed by atoms with Crippen LogP contribution in [-0.4, -0.2) is 27.0 Å². The van der Waals surface area contributed by atoms with E-state index < -0.39 is 15.6 Å². The molecule has 0 unspecified atom stereocenters. The topological polar surface area (TPSA) is 58.2 Å². The second-order valence-corrected chi connectivity index (χ2v) is 8.58. The van der Waals surface area contributed by atoms with Crippen molar-refractivity contribution in [1.29, 1.82) is 0 Å². The Bertz CT molecular complexity index is 553. The summed E-state index contributed by atoms with van der Waals surface area (Å²) in [6.07, 6.45) is 3.44. The third-order valence-electron chi connectivity index (χ3n) is 3.66. The number of piperidine rings is 1. The number of rotatable bonds is 4. The van der Waals surface area contributed by atoms with E-state index in [1.807, 2.05) is 32.9 Å². The average Bonchev–Trinajstić information content (AvgIpc) is 2.38. The van der Waals surface area contributed by atoms with Crippen LogP contribution in [0.3, 0.4) is 0 Å². The number of nitrogens with one attached hydrogen (secondary N) is 2. The predicted molar refractivity (Wildman–Crippen MR) is 85.8 cm³/mol. The Morgan fingerprint density at radius 3 is 2.24 bits per heavy atom. The van der Waals surface area contributed by atoms with E-state index in [1.165, 1.54) is 18.4 Å². The van der Waals surface area contributed by atoms with E-state index in [9.17, 15) is 8.42 Å². The van der Waals surface area contributed by atoms with Gasteiger partial charge in [-0.15, -0.1) is 0 Å². The van der Waals surface area contributed by atoms with Gasteiger partial charge in [-0.3, -0.25) is 0 Å². The number of benzene rings is 1. The van der Waals surface area contributed by atoms with E-state index in [1.54, 1.807) is 12.1 Å². The molecule has 2 N–H and O–H groups in total. The lowest BCUT2D eigenvalue weighted by molar-refractivity contribution is 0.372. The van der Waals surface area contributed by atoms with Gasteiger partial charge in [0.05, 0.1) is 4.90 Å². The molecule has 1 heterocycles. The highest BCUT2D eigenvalue weighted by Crippen LogP contribution is 2.20. The van der Waals surface area contributed by atoms with Crippen LogP contribution in [0.1, 0.15) is 39.2 Å². The van der Waals surface area contributed by atoms with Crippen molar-refractivity contribution in [1.82, 2.24) is 10.0 Å². The molecule has 1 saturated heterocycles. The molecule has 21 heavy (non-hydrogen) atoms. The van der Waals surface area contributed by atoms with E-state index in [0.717, 1.165) is 19.5 Å². The van der Waals surface area contributed by atoms with E-state index in [-0.39, 0.29) is 0 Å². The summed E-state index contributed by atoms with van der Waals surface area (Å²) >= 11 is 0. The first-order chi connectivity index (χ1) is 9.76. The zero-order chi connectivity index (χ0) is 15.5. The van der Waals surface area contributed by atoms with E-state index in [0.29, 0.717) is 10.8 Å². The molecule has 118 valence electrons. The quantitative estimate of drug-likeness (QED) is 0.897. The van der Waals surface area contributed by atoms with Crippen molar-refractivity contribution in [2.45, 2.75) is 50.5 Å². The highest BCUT2D eigenvalue weighted by atomic mass is 32.2. The molecule has 2 rings (SSSR count). The second-order valence-electron chi connectivity index (χ2n) is 6.90. The molecule has 0 saturated carbocycles. The Labute approximate surface area is 128 Å². The Morgan fingerprint density at radius 1 is 1.14 bits per heavy atom. The van der Waals surface area contributed by atoms with Crippen molar-refractivity contribution < 1.29 is 8.42 Å². The van der Waals surface area contributed by atoms with E-state index in [4.69, 9.17) is 0 Å². The van der Waals surface area contributed by atoms with Crippen LogP contribution >= 0.6 is 0 Å². The predicted octanol–water partition coefficient (Wildman–Crippen LogP) is 2.31. The van der Waals surface area contributed by atoms with Crippen molar-refractivity contribution in [2.75, 3.05) is 13.1 Å². The summed E-state index contributed by atoms with van der Waals surface area (Å²) in [5.41, 5.74) is 0.753. The SMILES string of the molecule is CC(C)(C)NS(=O)(=O)c1ccc(CC2CCNCC2)cc1. The van der Waals surface area contributed by atoms with Crippen molar-refractivity contribution in [3.05, 3.63) is 29.8 Å². The minimum Gasteiger partial charge on any atom is -0.317 e. The lowest BCUT2D eigenvalue weighted by Crippen LogP contribution is -2.40. The van der Waals surface area contributed by atoms with Crippen LogP contribution in [0.25, 0.3) is 0 Å². The Kier molecular flexibility index (Phi) is 5.07. The molecule has 1 aliphatic rings. The van der Waals surface area contributed by atoms with Crippen molar-refractivity contribution >= 4 is 10.0 Å². The van der Waals surface area contributed by atoms with Gasteiger partial charge >= 0.3 is 0 Å². The number of hydrogen-bond acceptors (Lipinski definition) is 3. The molecule has 0 aliphatic carbocycles. The summed E-state index contributed by atoms with van der Waals surface area (Å²) in [6.45, 7) is 7.71. The van der Waals surface area contributed by atoms with Crippen LogP contribution in [0.4, 0.5) is 0 Å². The summed E-state index contributed by atoms with van der Waals surface area (Å²) in [6, 6.07) is 7.31. The summed E-state index contributed by atoms with van der Waals surface area (Å²) in [5, 5.41) is 3.36. The molecule has 4 nitrogen and oxygen atoms in total. The minimum atomic E-state index is -3.43. The smallest absolute Gasteiger partial charge is 0.241 e. The van der Waals surface area contributed by atoms with Gasteiger partial charge in [-0.05, 0) is 76.7 Å². The first-order valence-electron chi connectivity index (χ1n) is 7.60. The molecule has 1 fully saturated rings. The third-order valence-corrected chi connectivity index (χ3v) is 5.43. The molecule has 5 heteroatoms. The highest BCUT2D eigenvalue weighted by molar-refractivity contribution is 7.89. The van der Waals surface area contributed by atoms with Crippen LogP contribution in [0.15, 0.2) is 29.2 Å². The summed E-state index contributed by atoms with van der Waals surface area (Å²) in [7, 11) is -3.43. The molecule has 0 aromatic heterocycles. The van der Waals surface area contributed by atoms with Gasteiger partial charge in [-0.1, -0.05) is 12.1 Å². The number of sulfonamides is 1. The Morgan fingerprint density at radius 2 is 1.71 bits per heavy atom. The first-order valence-corrected chi connectivity index (χ1v) is 9.08. The largest absolute Gasteiger partial charge is 0.317 e. The molecule has 1 aliphatic heterocycles. The zero-order valence-corrected chi connectivity index (χ0v) is 14.0. The Hall–Kier alpha value is -0.910. The minimum absolute atomic E-state index is 0.339. The maximum atomic E-state index is 12.2. The van der Waals surface area contributed by atoms with Gasteiger partial charge in [0.25, 0.3) is 0 Å². The van der Waals surface area contributed by atoms with Crippen LogP contribution < -0.4 is 10.0 Å². The molecular weight excluding hydrogens is 284 g/mol. The monoisotopic (exact) mass is 310 g/mol. The fourth-order valence-electron chi connectivity index (χ4n) is 2.69. The lowest BCUT2D eigenvalue weighted by atomic mass is 9.91. The first kappa shape index (κ1) is 16.5. The van der Waals surface area contributed by atoms with Gasteiger partial charge in [0.1, 0.15) is 0 Å². The fourth-order valence-corrected chi connectivity index (χ4v) is 4.10. The molecule has 0 amide bonds. The lowest BCUT2D eigenvalue weighted by Gasteiger charge is -2.23. The zero-order valence-electron chi connectivity index (χ0n) is 13.1. The van der Waals surface area contributed by atoms with Gasteiger partial charge in [-0.25, -0.2) is 13.1 Å². The maximum Gasteiger partial charge on any atom is 0.241 e. The summed E-state index contributed by atoms with van der Waals surface area (Å²) < 4.78 is 27.1. The van der Waals surface area contributed by atoms with Crippen LogP contribution in [-0.2, 0) is 16.4 Å². The van der Waals surface area contributed by atoms with Crippen molar-refractivity contribution in [3.8, 4) is 0 Å². The standard InChI is InChI=1S/C16H26N2O2S/c1-16(2,3)18-21(19,20)15-6-4-13(5-7-15)12-14-8-10-17-11-9-14/h4-7,14,17-18H,8-12H2,1-3H3. The third kappa shape index (κ3) is 5.09. The second kappa shape index (κ2) is 6.46. The van der Waals surface area contributed by atoms with Crippen LogP contribution in [0.2, 0.25) is 0 Å². The molecule has 0 radical (unpaired) electrons. The summed E-state index contributed by atoms with van der Waals surface area (Å²) in [5.74, 6) is 0.710. The van der Waals surface area contributed by atoms with Gasteiger partial charge in [0.2, 0.25) is 10.0 Å². The van der Waals surface area contributed by atoms with E-state index >= 15 is 0 Å². The highest BCUT2D eigenvalue weighted by Gasteiger charge is 2.22. The van der Waals surface area contributed by atoms with Gasteiger partial charge in [0, 0.05) is 5.54 Å².